The lowest BCUT2D eigenvalue weighted by Gasteiger charge is -2.31. The van der Waals surface area contributed by atoms with Gasteiger partial charge in [-0.3, -0.25) is 14.4 Å². The van der Waals surface area contributed by atoms with Crippen molar-refractivity contribution in [1.82, 2.24) is 30.8 Å². The van der Waals surface area contributed by atoms with Crippen LogP contribution in [0.25, 0.3) is 22.0 Å². The van der Waals surface area contributed by atoms with E-state index in [1.165, 1.54) is 11.8 Å². The number of hydrogen-bond acceptors (Lipinski definition) is 10. The highest BCUT2D eigenvalue weighted by atomic mass is 35.5. The first-order chi connectivity index (χ1) is 30.2. The molecule has 0 unspecified atom stereocenters. The van der Waals surface area contributed by atoms with Crippen LogP contribution in [-0.4, -0.2) is 83.9 Å². The van der Waals surface area contributed by atoms with Gasteiger partial charge in [0.2, 0.25) is 11.8 Å². The number of unbranched alkanes of at least 4 members (excludes halogenated alkanes) is 1. The van der Waals surface area contributed by atoms with Gasteiger partial charge < -0.3 is 42.0 Å². The van der Waals surface area contributed by atoms with Crippen molar-refractivity contribution in [1.29, 1.82) is 0 Å². The normalized spacial score (nSPS) is 19.8. The van der Waals surface area contributed by atoms with Gasteiger partial charge in [0, 0.05) is 67.1 Å². The molecule has 0 bridgehead atoms. The maximum atomic E-state index is 14.9. The van der Waals surface area contributed by atoms with Crippen LogP contribution in [0.4, 0.5) is 0 Å². The fraction of sp³-hybridized carbons (Fsp3) is 0.417. The average Bonchev–Trinajstić information content (AvgIpc) is 3.71. The molecule has 3 aromatic carbocycles. The highest BCUT2D eigenvalue weighted by Crippen LogP contribution is 2.41. The topological polar surface area (TPSA) is 180 Å². The number of nitrogens with zero attached hydrogens (tertiary/aromatic N) is 2. The molecular formula is C48H59ClN8O4S. The Balaban J connectivity index is 1.30. The number of para-hydroxylation sites is 1. The maximum absolute atomic E-state index is 14.9. The average molecular weight is 880 g/mol. The summed E-state index contributed by atoms with van der Waals surface area (Å²) in [4.78, 5) is 54.4. The lowest BCUT2D eigenvalue weighted by molar-refractivity contribution is -0.143. The predicted octanol–water partition coefficient (Wildman–Crippen LogP) is 6.77. The fourth-order valence-electron chi connectivity index (χ4n) is 8.54. The largest absolute Gasteiger partial charge is 0.490 e. The highest BCUT2D eigenvalue weighted by Gasteiger charge is 2.35. The Morgan fingerprint density at radius 3 is 2.48 bits per heavy atom. The number of Topliss-reactive ketones (excluding diaryl/α,β-unsaturated/α-hetero) is 1. The monoisotopic (exact) mass is 878 g/mol. The molecule has 62 heavy (non-hydrogen) atoms. The van der Waals surface area contributed by atoms with Crippen LogP contribution < -0.4 is 32.2 Å². The molecule has 0 radical (unpaired) electrons. The van der Waals surface area contributed by atoms with Crippen LogP contribution in [0.3, 0.4) is 0 Å². The van der Waals surface area contributed by atoms with Crippen LogP contribution >= 0.6 is 23.4 Å². The molecule has 1 fully saturated rings. The lowest BCUT2D eigenvalue weighted by Crippen LogP contribution is -2.51. The number of rotatable bonds is 12. The molecule has 328 valence electrons. The Labute approximate surface area is 373 Å². The number of piperidine rings is 1. The third-order valence-electron chi connectivity index (χ3n) is 12.1. The number of nitrogens with two attached hydrogens (primary N) is 2. The molecule has 5 aromatic rings. The van der Waals surface area contributed by atoms with Crippen molar-refractivity contribution >= 4 is 51.9 Å². The minimum Gasteiger partial charge on any atom is -0.490 e. The smallest absolute Gasteiger partial charge is 0.243 e. The minimum atomic E-state index is -0.900. The summed E-state index contributed by atoms with van der Waals surface area (Å²) in [6.45, 7) is 3.26. The quantitative estimate of drug-likeness (QED) is 0.0733. The summed E-state index contributed by atoms with van der Waals surface area (Å²) >= 11 is 8.56. The molecule has 2 aromatic heterocycles. The zero-order valence-corrected chi connectivity index (χ0v) is 37.0. The molecule has 3 atom stereocenters. The molecule has 2 aliphatic rings. The van der Waals surface area contributed by atoms with Gasteiger partial charge in [-0.2, -0.15) is 0 Å². The van der Waals surface area contributed by atoms with E-state index in [0.29, 0.717) is 50.3 Å². The van der Waals surface area contributed by atoms with E-state index >= 15 is 0 Å². The van der Waals surface area contributed by atoms with Crippen LogP contribution in [0.1, 0.15) is 68.1 Å². The summed E-state index contributed by atoms with van der Waals surface area (Å²) in [6.07, 6.45) is 9.01. The summed E-state index contributed by atoms with van der Waals surface area (Å²) < 4.78 is 6.34. The number of likely N-dealkylation sites (N-methyl/N-ethyl adjacent to an activating group) is 1. The number of carbonyl (C=O) groups is 3. The molecule has 12 nitrogen and oxygen atoms in total. The highest BCUT2D eigenvalue weighted by molar-refractivity contribution is 7.99. The van der Waals surface area contributed by atoms with Crippen molar-refractivity contribution in [3.63, 3.8) is 0 Å². The maximum Gasteiger partial charge on any atom is 0.243 e. The van der Waals surface area contributed by atoms with Gasteiger partial charge in [0.05, 0.1) is 11.1 Å². The van der Waals surface area contributed by atoms with E-state index in [9.17, 15) is 14.4 Å². The minimum absolute atomic E-state index is 0.0259. The molecule has 8 N–H and O–H groups in total. The van der Waals surface area contributed by atoms with Crippen molar-refractivity contribution in [2.75, 3.05) is 33.2 Å². The summed E-state index contributed by atoms with van der Waals surface area (Å²) in [6, 6.07) is 22.3. The summed E-state index contributed by atoms with van der Waals surface area (Å²) in [7, 11) is 1.68. The third-order valence-corrected chi connectivity index (χ3v) is 13.7. The van der Waals surface area contributed by atoms with Crippen molar-refractivity contribution in [3.05, 3.63) is 107 Å². The second kappa shape index (κ2) is 22.0. The van der Waals surface area contributed by atoms with E-state index in [2.05, 4.69) is 20.9 Å². The number of fused-ring (bicyclic) bond motifs is 3. The number of pyridine rings is 1. The predicted molar refractivity (Wildman–Crippen MR) is 247 cm³/mol. The van der Waals surface area contributed by atoms with Crippen molar-refractivity contribution in [2.45, 2.75) is 99.0 Å². The number of hydrogen-bond donors (Lipinski definition) is 6. The number of H-pyrrole nitrogens is 1. The first-order valence-electron chi connectivity index (χ1n) is 21.9. The number of halogens is 1. The number of nitrogens with one attached hydrogen (secondary N) is 4. The zero-order chi connectivity index (χ0) is 43.4. The van der Waals surface area contributed by atoms with Crippen LogP contribution in [0.15, 0.2) is 95.1 Å². The third kappa shape index (κ3) is 11.2. The van der Waals surface area contributed by atoms with Gasteiger partial charge in [-0.1, -0.05) is 72.2 Å². The number of aromatic nitrogens is 2. The Hall–Kier alpha value is -4.76. The van der Waals surface area contributed by atoms with Gasteiger partial charge in [0.15, 0.2) is 5.78 Å². The summed E-state index contributed by atoms with van der Waals surface area (Å²) in [5.41, 5.74) is 17.2. The number of amides is 2. The number of benzene rings is 3. The Kier molecular flexibility index (Phi) is 16.1. The summed E-state index contributed by atoms with van der Waals surface area (Å²) in [5.74, 6) is -0.482. The molecule has 4 heterocycles. The molecule has 0 spiro atoms. The van der Waals surface area contributed by atoms with Gasteiger partial charge in [0.1, 0.15) is 22.9 Å². The first-order valence-corrected chi connectivity index (χ1v) is 23.1. The van der Waals surface area contributed by atoms with Gasteiger partial charge in [-0.15, -0.1) is 0 Å². The van der Waals surface area contributed by atoms with Gasteiger partial charge >= 0.3 is 0 Å². The molecule has 0 saturated carbocycles. The van der Waals surface area contributed by atoms with Crippen LogP contribution in [0.5, 0.6) is 5.75 Å². The molecule has 14 heteroatoms. The van der Waals surface area contributed by atoms with Crippen molar-refractivity contribution < 1.29 is 19.1 Å². The number of ether oxygens (including phenoxy) is 1. The molecule has 7 rings (SSSR count). The van der Waals surface area contributed by atoms with Gasteiger partial charge in [0.25, 0.3) is 0 Å². The van der Waals surface area contributed by atoms with E-state index < -0.39 is 18.0 Å². The number of aromatic amines is 1. The first kappa shape index (κ1) is 45.3. The molecule has 2 aliphatic heterocycles. The van der Waals surface area contributed by atoms with E-state index in [0.717, 1.165) is 86.7 Å². The second-order valence-electron chi connectivity index (χ2n) is 16.3. The second-order valence-corrected chi connectivity index (χ2v) is 17.7. The van der Waals surface area contributed by atoms with E-state index in [4.69, 9.17) is 32.8 Å². The van der Waals surface area contributed by atoms with Crippen molar-refractivity contribution in [2.24, 2.45) is 17.4 Å². The van der Waals surface area contributed by atoms with E-state index in [1.54, 1.807) is 18.1 Å². The van der Waals surface area contributed by atoms with E-state index in [-0.39, 0.29) is 43.1 Å². The van der Waals surface area contributed by atoms with Crippen LogP contribution in [-0.2, 0) is 33.9 Å². The number of ketones is 1. The fourth-order valence-corrected chi connectivity index (χ4v) is 9.88. The van der Waals surface area contributed by atoms with Crippen LogP contribution in [0, 0.1) is 5.92 Å². The van der Waals surface area contributed by atoms with Gasteiger partial charge in [-0.25, -0.2) is 4.98 Å². The van der Waals surface area contributed by atoms with Crippen molar-refractivity contribution in [3.8, 4) is 16.9 Å². The molecule has 0 aliphatic carbocycles. The van der Waals surface area contributed by atoms with E-state index in [1.807, 2.05) is 79.0 Å². The SMILES string of the molecule is CN1C(=O)[C@H](CCCCN)CC(=O)[C@H](CCCN)NCc2cccnc2Sc2c(Cl)ccc(-c3ccc(OC4CCNCC4)cc3)c2CNC(=O)[C@@H]1Cc1c[nH]c2ccccc12. The molecular weight excluding hydrogens is 820 g/mol. The Morgan fingerprint density at radius 1 is 0.903 bits per heavy atom. The standard InChI is InChI=1S/C48H59ClN8O4S/c1-57-43(26-34-29-54-41-11-3-2-10-38(34)41)46(59)56-30-39-37(31-13-15-35(16-14-31)61-36-19-24-52-25-20-36)17-18-40(49)45(39)62-47-33(9-7-23-53-47)28-55-42(12-6-22-51)44(58)27-32(48(57)60)8-4-5-21-50/h2-3,7,9-11,13-18,23,29,32,36,42-43,52,54-55H,4-6,8,12,19-22,24-28,30,50-51H2,1H3,(H,56,59)/t32-,42+,43+/m1/s1. The molecule has 2 amide bonds. The number of carbonyl (C=O) groups excluding carboxylic acids is 3. The zero-order valence-electron chi connectivity index (χ0n) is 35.5. The summed E-state index contributed by atoms with van der Waals surface area (Å²) in [5, 5.41) is 12.4. The van der Waals surface area contributed by atoms with Gasteiger partial charge in [-0.05, 0) is 123 Å². The van der Waals surface area contributed by atoms with Crippen LogP contribution in [0.2, 0.25) is 5.02 Å². The molecule has 1 saturated heterocycles. The Bertz CT molecular complexity index is 2300. The lowest BCUT2D eigenvalue weighted by atomic mass is 9.90. The Morgan fingerprint density at radius 2 is 1.69 bits per heavy atom.